The van der Waals surface area contributed by atoms with Crippen LogP contribution in [0, 0.1) is 6.92 Å². The van der Waals surface area contributed by atoms with Crippen LogP contribution in [-0.4, -0.2) is 32.5 Å². The van der Waals surface area contributed by atoms with E-state index >= 15 is 0 Å². The van der Waals surface area contributed by atoms with Crippen LogP contribution in [0.2, 0.25) is 5.02 Å². The SMILES string of the molecule is Cc1cc(C(O)(C(C)c2ccc(-c3ccc(OC(=O)O)nc3)cc2Cl)C(F)(F)F)ccn1. The highest BCUT2D eigenvalue weighted by Gasteiger charge is 2.59. The molecule has 0 saturated heterocycles. The number of alkyl halides is 3. The maximum absolute atomic E-state index is 14.1. The summed E-state index contributed by atoms with van der Waals surface area (Å²) in [6.07, 6.45) is -3.93. The Morgan fingerprint density at radius 2 is 1.78 bits per heavy atom. The maximum atomic E-state index is 14.1. The van der Waals surface area contributed by atoms with Crippen molar-refractivity contribution >= 4 is 17.8 Å². The van der Waals surface area contributed by atoms with E-state index < -0.39 is 23.9 Å². The van der Waals surface area contributed by atoms with Crippen molar-refractivity contribution in [1.29, 1.82) is 0 Å². The summed E-state index contributed by atoms with van der Waals surface area (Å²) in [6, 6.07) is 9.60. The summed E-state index contributed by atoms with van der Waals surface area (Å²) < 4.78 is 46.7. The van der Waals surface area contributed by atoms with Crippen molar-refractivity contribution in [2.75, 3.05) is 0 Å². The smallest absolute Gasteiger partial charge is 0.449 e. The van der Waals surface area contributed by atoms with E-state index in [1.54, 1.807) is 6.07 Å². The fourth-order valence-electron chi connectivity index (χ4n) is 3.43. The highest BCUT2D eigenvalue weighted by atomic mass is 35.5. The minimum absolute atomic E-state index is 0.0225. The molecule has 3 aromatic rings. The number of pyridine rings is 2. The second-order valence-electron chi connectivity index (χ2n) is 7.16. The standard InChI is InChI=1S/C22H18ClF3N2O4/c1-12-9-16(7-8-27-12)21(31,22(24,25)26)13(2)17-5-3-14(10-18(17)23)15-4-6-19(28-11-15)32-20(29)30/h3-11,13,31H,1-2H3,(H,29,30). The minimum atomic E-state index is -4.98. The largest absolute Gasteiger partial charge is 0.512 e. The molecule has 2 unspecified atom stereocenters. The van der Waals surface area contributed by atoms with E-state index in [1.165, 1.54) is 56.6 Å². The first-order valence-electron chi connectivity index (χ1n) is 9.32. The molecule has 0 radical (unpaired) electrons. The van der Waals surface area contributed by atoms with Gasteiger partial charge in [-0.2, -0.15) is 13.2 Å². The maximum Gasteiger partial charge on any atom is 0.512 e. The average molecular weight is 467 g/mol. The fraction of sp³-hybridized carbons (Fsp3) is 0.227. The Morgan fingerprint density at radius 3 is 2.31 bits per heavy atom. The molecule has 2 atom stereocenters. The van der Waals surface area contributed by atoms with Crippen molar-refractivity contribution in [2.45, 2.75) is 31.5 Å². The zero-order chi connectivity index (χ0) is 23.7. The van der Waals surface area contributed by atoms with E-state index in [2.05, 4.69) is 14.7 Å². The molecule has 0 spiro atoms. The van der Waals surface area contributed by atoms with Gasteiger partial charge in [0.05, 0.1) is 0 Å². The Morgan fingerprint density at radius 1 is 1.09 bits per heavy atom. The second kappa shape index (κ2) is 8.76. The molecule has 6 nitrogen and oxygen atoms in total. The first-order valence-corrected chi connectivity index (χ1v) is 9.70. The summed E-state index contributed by atoms with van der Waals surface area (Å²) in [5.74, 6) is -1.56. The van der Waals surface area contributed by atoms with Crippen LogP contribution in [0.15, 0.2) is 54.9 Å². The van der Waals surface area contributed by atoms with Crippen molar-refractivity contribution in [3.8, 4) is 17.0 Å². The lowest BCUT2D eigenvalue weighted by Crippen LogP contribution is -2.46. The summed E-state index contributed by atoms with van der Waals surface area (Å²) in [5.41, 5.74) is -2.01. The van der Waals surface area contributed by atoms with Crippen LogP contribution in [0.3, 0.4) is 0 Å². The molecule has 0 bridgehead atoms. The minimum Gasteiger partial charge on any atom is -0.449 e. The second-order valence-corrected chi connectivity index (χ2v) is 7.57. The Hall–Kier alpha value is -3.17. The first-order chi connectivity index (χ1) is 14.9. The number of benzene rings is 1. The third kappa shape index (κ3) is 4.53. The number of nitrogens with zero attached hydrogens (tertiary/aromatic N) is 2. The lowest BCUT2D eigenvalue weighted by Gasteiger charge is -2.37. The van der Waals surface area contributed by atoms with Gasteiger partial charge >= 0.3 is 12.3 Å². The number of halogens is 4. The lowest BCUT2D eigenvalue weighted by atomic mass is 9.77. The summed E-state index contributed by atoms with van der Waals surface area (Å²) in [6.45, 7) is 2.79. The van der Waals surface area contributed by atoms with Gasteiger partial charge in [0.25, 0.3) is 0 Å². The Kier molecular flexibility index (Phi) is 6.43. The quantitative estimate of drug-likeness (QED) is 0.467. The van der Waals surface area contributed by atoms with Crippen molar-refractivity contribution in [3.05, 3.63) is 76.7 Å². The van der Waals surface area contributed by atoms with Gasteiger partial charge in [-0.3, -0.25) is 4.98 Å². The monoisotopic (exact) mass is 466 g/mol. The number of aryl methyl sites for hydroxylation is 1. The van der Waals surface area contributed by atoms with Gasteiger partial charge in [-0.1, -0.05) is 30.7 Å². The van der Waals surface area contributed by atoms with Gasteiger partial charge in [0.1, 0.15) is 0 Å². The number of aliphatic hydroxyl groups is 1. The van der Waals surface area contributed by atoms with E-state index in [9.17, 15) is 23.1 Å². The third-order valence-electron chi connectivity index (χ3n) is 5.12. The summed E-state index contributed by atoms with van der Waals surface area (Å²) >= 11 is 6.34. The summed E-state index contributed by atoms with van der Waals surface area (Å²) in [4.78, 5) is 18.3. The van der Waals surface area contributed by atoms with E-state index in [4.69, 9.17) is 16.7 Å². The van der Waals surface area contributed by atoms with Crippen molar-refractivity contribution in [2.24, 2.45) is 0 Å². The van der Waals surface area contributed by atoms with Gasteiger partial charge in [-0.05, 0) is 47.9 Å². The number of rotatable bonds is 5. The molecule has 10 heteroatoms. The van der Waals surface area contributed by atoms with E-state index in [1.807, 2.05) is 0 Å². The number of hydrogen-bond donors (Lipinski definition) is 2. The molecule has 32 heavy (non-hydrogen) atoms. The topological polar surface area (TPSA) is 92.5 Å². The van der Waals surface area contributed by atoms with Crippen LogP contribution >= 0.6 is 11.6 Å². The highest BCUT2D eigenvalue weighted by molar-refractivity contribution is 6.31. The van der Waals surface area contributed by atoms with Crippen LogP contribution in [0.4, 0.5) is 18.0 Å². The van der Waals surface area contributed by atoms with Gasteiger partial charge in [-0.15, -0.1) is 0 Å². The molecule has 3 rings (SSSR count). The number of ether oxygens (including phenoxy) is 1. The van der Waals surface area contributed by atoms with Gasteiger partial charge in [0.2, 0.25) is 5.88 Å². The van der Waals surface area contributed by atoms with Crippen molar-refractivity contribution in [1.82, 2.24) is 9.97 Å². The number of carbonyl (C=O) groups is 1. The van der Waals surface area contributed by atoms with Crippen LogP contribution in [0.1, 0.15) is 29.7 Å². The summed E-state index contributed by atoms with van der Waals surface area (Å²) in [5, 5.41) is 19.5. The molecule has 0 fully saturated rings. The Balaban J connectivity index is 1.99. The molecular weight excluding hydrogens is 449 g/mol. The first kappa shape index (κ1) is 23.5. The molecule has 2 aromatic heterocycles. The van der Waals surface area contributed by atoms with E-state index in [-0.39, 0.29) is 22.0 Å². The zero-order valence-corrected chi connectivity index (χ0v) is 17.6. The van der Waals surface area contributed by atoms with Crippen LogP contribution in [-0.2, 0) is 5.60 Å². The van der Waals surface area contributed by atoms with E-state index in [0.29, 0.717) is 16.8 Å². The Bertz CT molecular complexity index is 1140. The van der Waals surface area contributed by atoms with Crippen LogP contribution < -0.4 is 4.74 Å². The lowest BCUT2D eigenvalue weighted by molar-refractivity contribution is -0.274. The number of carboxylic acid groups (broad SMARTS) is 1. The van der Waals surface area contributed by atoms with Gasteiger partial charge in [-0.25, -0.2) is 9.78 Å². The molecule has 0 amide bonds. The molecule has 0 aliphatic heterocycles. The Labute approximate surface area is 186 Å². The van der Waals surface area contributed by atoms with Gasteiger partial charge in [0, 0.05) is 40.7 Å². The molecule has 2 heterocycles. The summed E-state index contributed by atoms with van der Waals surface area (Å²) in [7, 11) is 0. The normalized spacial score (nSPS) is 14.5. The van der Waals surface area contributed by atoms with Gasteiger partial charge < -0.3 is 14.9 Å². The fourth-order valence-corrected chi connectivity index (χ4v) is 3.77. The number of aromatic nitrogens is 2. The van der Waals surface area contributed by atoms with Crippen LogP contribution in [0.25, 0.3) is 11.1 Å². The molecule has 0 aliphatic rings. The average Bonchev–Trinajstić information content (AvgIpc) is 2.72. The van der Waals surface area contributed by atoms with Crippen LogP contribution in [0.5, 0.6) is 5.88 Å². The molecule has 0 aliphatic carbocycles. The highest BCUT2D eigenvalue weighted by Crippen LogP contribution is 2.50. The van der Waals surface area contributed by atoms with Gasteiger partial charge in [0.15, 0.2) is 5.60 Å². The van der Waals surface area contributed by atoms with Crippen molar-refractivity contribution in [3.63, 3.8) is 0 Å². The molecule has 2 N–H and O–H groups in total. The van der Waals surface area contributed by atoms with E-state index in [0.717, 1.165) is 6.07 Å². The molecule has 168 valence electrons. The molecule has 1 aromatic carbocycles. The molecule has 0 saturated carbocycles. The predicted octanol–water partition coefficient (Wildman–Crippen LogP) is 5.72. The zero-order valence-electron chi connectivity index (χ0n) is 16.9. The number of hydrogen-bond acceptors (Lipinski definition) is 5. The molecular formula is C22H18ClF3N2O4. The van der Waals surface area contributed by atoms with Crippen molar-refractivity contribution < 1.29 is 32.9 Å². The third-order valence-corrected chi connectivity index (χ3v) is 5.45. The predicted molar refractivity (Wildman–Crippen MR) is 111 cm³/mol.